The zero-order valence-corrected chi connectivity index (χ0v) is 75.8. The second-order valence-corrected chi connectivity index (χ2v) is 56.3. The molecule has 15 N–H and O–H groups in total. The van der Waals surface area contributed by atoms with Crippen molar-refractivity contribution in [2.75, 3.05) is 97.5 Å². The Morgan fingerprint density at radius 1 is 0.350 bits per heavy atom. The molecule has 5 aliphatic rings. The monoisotopic (exact) mass is 1790 g/mol. The van der Waals surface area contributed by atoms with E-state index < -0.39 is 213 Å². The van der Waals surface area contributed by atoms with E-state index in [-0.39, 0.29) is 23.2 Å². The highest BCUT2D eigenvalue weighted by atomic mass is 31.2. The highest BCUT2D eigenvalue weighted by Gasteiger charge is 2.49. The van der Waals surface area contributed by atoms with Gasteiger partial charge < -0.3 is 79.3 Å². The summed E-state index contributed by atoms with van der Waals surface area (Å²) in [5, 5.41) is 103. The minimum absolute atomic E-state index is 0.120. The van der Waals surface area contributed by atoms with Crippen molar-refractivity contribution in [3.63, 3.8) is 0 Å². The quantitative estimate of drug-likeness (QED) is 0.0221. The smallest absolute Gasteiger partial charge is 0.330 e. The van der Waals surface area contributed by atoms with E-state index in [1.54, 1.807) is 13.0 Å². The van der Waals surface area contributed by atoms with E-state index in [0.29, 0.717) is 75.6 Å². The zero-order chi connectivity index (χ0) is 90.3. The second-order valence-electron chi connectivity index (χ2n) is 34.7. The number of nitrogens with one attached hydrogen (secondary N) is 5. The van der Waals surface area contributed by atoms with Crippen molar-refractivity contribution in [1.82, 2.24) is 47.8 Å². The fourth-order valence-electron chi connectivity index (χ4n) is 13.9. The van der Waals surface area contributed by atoms with Crippen molar-refractivity contribution >= 4 is 65.9 Å². The molecule has 5 aliphatic heterocycles. The number of hydrogen-bond donors (Lipinski definition) is 15. The molecule has 5 saturated heterocycles. The van der Waals surface area contributed by atoms with E-state index in [9.17, 15) is 99.0 Å². The van der Waals surface area contributed by atoms with Gasteiger partial charge in [0.1, 0.15) is 79.4 Å². The van der Waals surface area contributed by atoms with Crippen LogP contribution in [-0.4, -0.2) is 319 Å². The molecule has 0 radical (unpaired) electrons. The van der Waals surface area contributed by atoms with Gasteiger partial charge in [0.2, 0.25) is 0 Å². The number of H-pyrrole nitrogens is 5. The molecular weight excluding hydrogens is 1660 g/mol. The molecule has 35 nitrogen and oxygen atoms in total. The first-order valence-electron chi connectivity index (χ1n) is 40.1. The molecule has 5 aromatic rings. The van der Waals surface area contributed by atoms with Gasteiger partial charge in [0.05, 0.1) is 47.2 Å². The third-order valence-electron chi connectivity index (χ3n) is 20.8. The summed E-state index contributed by atoms with van der Waals surface area (Å²) < 4.78 is 35.1. The van der Waals surface area contributed by atoms with Gasteiger partial charge in [-0.2, -0.15) is 0 Å². The predicted molar refractivity (Wildman–Crippen MR) is 483 cm³/mol. The maximum absolute atomic E-state index is 12.2. The SMILES string of the molecule is C=CCCn1cc(C2OC(CCP(=C)(C)C)[C@@H](O)[C@H]2O)c(=O)[nH]c1=O.C=CCn1cc(C2OC(CCP(=C)(C)C)[C@@H](O)[C@H]2O)c(=O)[nH]c1=O.C=P(C)(C)CCC1OC(c2cn(CCC)c(=O)[nH]c2=O)[C@H](O)[C@@H]1O.C=P(C)(C)CCC1OC(n2cc(CC)c(=O)[nH]c2=O)[C@H](O)[C@@H]1O.C=P(C)(C)CCC1OC(n2cc(CCC)c(=O)[nH]c2=O)[C@H](O)[C@@H]1O. The first kappa shape index (κ1) is 103. The van der Waals surface area contributed by atoms with Crippen molar-refractivity contribution < 1.29 is 74.7 Å². The zero-order valence-electron chi connectivity index (χ0n) is 71.3. The van der Waals surface area contributed by atoms with Gasteiger partial charge in [-0.05, 0) is 155 Å². The van der Waals surface area contributed by atoms with Crippen LogP contribution in [0.25, 0.3) is 0 Å². The summed E-state index contributed by atoms with van der Waals surface area (Å²) >= 11 is 0. The van der Waals surface area contributed by atoms with E-state index >= 15 is 0 Å². The molecule has 0 spiro atoms. The van der Waals surface area contributed by atoms with Gasteiger partial charge >= 0.3 is 28.4 Å². The van der Waals surface area contributed by atoms with Crippen LogP contribution in [0, 0.1) is 0 Å². The summed E-state index contributed by atoms with van der Waals surface area (Å²) in [6, 6.07) is 0. The number of aliphatic hydroxyl groups excluding tert-OH is 10. The van der Waals surface area contributed by atoms with Crippen LogP contribution >= 0.6 is 34.4 Å². The number of aryl methyl sites for hydroxylation is 4. The van der Waals surface area contributed by atoms with E-state index in [4.69, 9.17) is 23.7 Å². The first-order valence-corrected chi connectivity index (χ1v) is 55.3. The molecule has 0 aromatic carbocycles. The number of aliphatic hydroxyl groups is 10. The highest BCUT2D eigenvalue weighted by molar-refractivity contribution is 7.73. The molecule has 0 bridgehead atoms. The Hall–Kier alpha value is -6.22. The number of nitrogens with zero attached hydrogens (tertiary/aromatic N) is 5. The van der Waals surface area contributed by atoms with Gasteiger partial charge in [0.15, 0.2) is 12.5 Å². The molecule has 0 aliphatic carbocycles. The number of rotatable bonds is 30. The van der Waals surface area contributed by atoms with Gasteiger partial charge in [-0.25, -0.2) is 24.0 Å². The van der Waals surface area contributed by atoms with Gasteiger partial charge in [-0.1, -0.05) is 39.3 Å². The standard InChI is InChI=1S/C17H27N2O5P.C16H27N2O5P.C16H25N2O5P.C16H27N2O5P.C15H25N2O5P/c1-5-6-8-19-10-11(16(22)18-17(19)23)15-14(21)13(20)12(24-15)7-9-25(2,3)4;2*1-5-7-18-9-10(15(21)17-16(18)22)14-13(20)12(19)11(23-14)6-8-24(2,3)4;1-5-6-10-9-18(16(22)17-14(10)21)15-13(20)12(19)11(23-15)7-8-24(2,3)4;1-5-9-8-17(15(21)16-13(9)20)14-12(19)11(18)10(22-14)6-7-23(2,3)4/h5,10,12-15,20-21H,1-2,6-9H2,3-4H3,(H,18,22,23);9,11-14,19-20H,2,5-8H2,1,3-4H3,(H,17,21,22);5,9,11-14,19-20H,1-2,6-8H2,3-4H3,(H,17,21,22);9,11-13,15,19-20H,2,5-8H2,1,3-4H3,(H,17,21,22);8,10-12,14,18-19H,2,5-7H2,1,3-4H3,(H,16,20,21)/t12?,13-,14-,15?;2*11?,12-,13-,14?;11?,12-,13-,15?;10?,11-,12-,14?/m11111/s1. The lowest BCUT2D eigenvalue weighted by atomic mass is 10.0. The molecular formula is C80H131N10O25P5. The summed E-state index contributed by atoms with van der Waals surface area (Å²) in [4.78, 5) is 130. The van der Waals surface area contributed by atoms with Crippen LogP contribution in [0.1, 0.15) is 131 Å². The summed E-state index contributed by atoms with van der Waals surface area (Å²) in [5.41, 5.74) is -4.27. The number of aromatic nitrogens is 10. The van der Waals surface area contributed by atoms with Gasteiger partial charge in [-0.15, -0.1) is 79.1 Å². The molecule has 120 heavy (non-hydrogen) atoms. The molecule has 10 rings (SSSR count). The van der Waals surface area contributed by atoms with Gasteiger partial charge in [0.25, 0.3) is 27.8 Å². The summed E-state index contributed by atoms with van der Waals surface area (Å²) in [7, 11) is 0. The Kier molecular flexibility index (Phi) is 37.7. The van der Waals surface area contributed by atoms with Crippen molar-refractivity contribution in [3.05, 3.63) is 188 Å². The van der Waals surface area contributed by atoms with Crippen molar-refractivity contribution in [1.29, 1.82) is 0 Å². The third kappa shape index (κ3) is 28.7. The molecule has 0 saturated carbocycles. The van der Waals surface area contributed by atoms with E-state index in [1.165, 1.54) is 55.3 Å². The molecule has 10 heterocycles. The molecule has 676 valence electrons. The molecule has 5 aromatic heterocycles. The number of ether oxygens (including phenoxy) is 5. The third-order valence-corrected chi connectivity index (χ3v) is 28.1. The van der Waals surface area contributed by atoms with Crippen LogP contribution in [0.5, 0.6) is 0 Å². The van der Waals surface area contributed by atoms with Crippen LogP contribution in [-0.2, 0) is 56.2 Å². The van der Waals surface area contributed by atoms with Crippen molar-refractivity contribution in [2.45, 2.75) is 227 Å². The van der Waals surface area contributed by atoms with Gasteiger partial charge in [-0.3, -0.25) is 67.2 Å². The summed E-state index contributed by atoms with van der Waals surface area (Å²) in [6.45, 7) is 28.3. The lowest BCUT2D eigenvalue weighted by Gasteiger charge is -2.19. The number of hydrogen-bond acceptors (Lipinski definition) is 25. The average Bonchev–Trinajstić information content (AvgIpc) is 1.67. The fraction of sp³-hybridized carbons (Fsp3) is 0.637. The van der Waals surface area contributed by atoms with E-state index in [2.05, 4.69) is 136 Å². The van der Waals surface area contributed by atoms with Crippen LogP contribution in [0.3, 0.4) is 0 Å². The first-order chi connectivity index (χ1) is 55.7. The molecule has 5 fully saturated rings. The highest BCUT2D eigenvalue weighted by Crippen LogP contribution is 2.45. The summed E-state index contributed by atoms with van der Waals surface area (Å²) in [6.07, 6.45) is 21.6. The molecule has 0 amide bonds. The number of allylic oxidation sites excluding steroid dienone is 2. The molecule has 10 unspecified atom stereocenters. The Labute approximate surface area is 697 Å². The van der Waals surface area contributed by atoms with Crippen molar-refractivity contribution in [2.24, 2.45) is 0 Å². The normalized spacial score (nSPS) is 27.5. The van der Waals surface area contributed by atoms with Crippen LogP contribution in [0.4, 0.5) is 0 Å². The van der Waals surface area contributed by atoms with Crippen LogP contribution < -0.4 is 56.2 Å². The van der Waals surface area contributed by atoms with E-state index in [0.717, 1.165) is 48.2 Å². The fourth-order valence-corrected chi connectivity index (χ4v) is 18.7. The molecule has 20 atom stereocenters. The van der Waals surface area contributed by atoms with E-state index in [1.807, 2.05) is 13.8 Å². The number of aromatic amines is 5. The lowest BCUT2D eigenvalue weighted by molar-refractivity contribution is -0.0404. The Morgan fingerprint density at radius 2 is 0.633 bits per heavy atom. The molecule has 40 heteroatoms. The summed E-state index contributed by atoms with van der Waals surface area (Å²) in [5.74, 6) is 0. The largest absolute Gasteiger partial charge is 0.388 e. The Bertz CT molecular complexity index is 5080. The minimum Gasteiger partial charge on any atom is -0.388 e. The van der Waals surface area contributed by atoms with Gasteiger partial charge in [0, 0.05) is 61.7 Å². The predicted octanol–water partition coefficient (Wildman–Crippen LogP) is 0.590. The minimum atomic E-state index is -1.29. The topological polar surface area (TPSA) is 523 Å². The lowest BCUT2D eigenvalue weighted by Crippen LogP contribution is -2.38. The van der Waals surface area contributed by atoms with Crippen LogP contribution in [0.15, 0.2) is 104 Å². The Morgan fingerprint density at radius 3 is 0.933 bits per heavy atom. The van der Waals surface area contributed by atoms with Crippen molar-refractivity contribution in [3.8, 4) is 0 Å². The maximum atomic E-state index is 12.2. The second kappa shape index (κ2) is 44.1. The van der Waals surface area contributed by atoms with Crippen LogP contribution in [0.2, 0.25) is 0 Å². The Balaban J connectivity index is 0.000000233. The average molecular weight is 1790 g/mol. The maximum Gasteiger partial charge on any atom is 0.330 e.